The van der Waals surface area contributed by atoms with Gasteiger partial charge in [0.05, 0.1) is 5.75 Å². The summed E-state index contributed by atoms with van der Waals surface area (Å²) >= 11 is 0. The van der Waals surface area contributed by atoms with Gasteiger partial charge >= 0.3 is 5.97 Å². The number of pyridine rings is 1. The summed E-state index contributed by atoms with van der Waals surface area (Å²) in [5, 5.41) is 8.53. The van der Waals surface area contributed by atoms with Crippen molar-refractivity contribution in [3.8, 4) is 0 Å². The molecule has 0 saturated heterocycles. The number of rotatable bonds is 8. The highest BCUT2D eigenvalue weighted by Crippen LogP contribution is 2.02. The molecule has 1 atom stereocenters. The molecule has 1 unspecified atom stereocenters. The van der Waals surface area contributed by atoms with Crippen molar-refractivity contribution in [3.05, 3.63) is 30.1 Å². The summed E-state index contributed by atoms with van der Waals surface area (Å²) < 4.78 is 26.0. The lowest BCUT2D eigenvalue weighted by Crippen LogP contribution is -2.35. The summed E-state index contributed by atoms with van der Waals surface area (Å²) in [4.78, 5) is 14.4. The quantitative estimate of drug-likeness (QED) is 0.736. The summed E-state index contributed by atoms with van der Waals surface area (Å²) in [5.41, 5.74) is 0.714. The Morgan fingerprint density at radius 1 is 1.47 bits per heavy atom. The highest BCUT2D eigenvalue weighted by Gasteiger charge is 2.15. The number of nitrogens with zero attached hydrogens (tertiary/aromatic N) is 1. The Hall–Kier alpha value is -1.47. The Morgan fingerprint density at radius 3 is 2.79 bits per heavy atom. The first kappa shape index (κ1) is 15.6. The van der Waals surface area contributed by atoms with Crippen LogP contribution in [-0.2, 0) is 21.2 Å². The van der Waals surface area contributed by atoms with Gasteiger partial charge in [-0.25, -0.2) is 13.1 Å². The first-order chi connectivity index (χ1) is 8.89. The highest BCUT2D eigenvalue weighted by atomic mass is 32.2. The Bertz CT molecular complexity index is 502. The number of carboxylic acid groups (broad SMARTS) is 1. The van der Waals surface area contributed by atoms with E-state index in [1.54, 1.807) is 31.3 Å². The zero-order valence-corrected chi connectivity index (χ0v) is 11.6. The normalized spacial score (nSPS) is 13.1. The number of carbonyl (C=O) groups is 1. The number of sulfonamides is 1. The van der Waals surface area contributed by atoms with Gasteiger partial charge < -0.3 is 5.11 Å². The lowest BCUT2D eigenvalue weighted by molar-refractivity contribution is -0.137. The third-order valence-corrected chi connectivity index (χ3v) is 4.03. The van der Waals surface area contributed by atoms with Gasteiger partial charge in [-0.15, -0.1) is 0 Å². The molecule has 0 aromatic carbocycles. The molecule has 0 spiro atoms. The molecule has 2 N–H and O–H groups in total. The standard InChI is InChI=1S/C12H18N2O4S/c1-10(5-6-12(15)16)14-19(17,18)9-7-11-4-2-3-8-13-11/h2-4,8,10,14H,5-7,9H2,1H3,(H,15,16). The first-order valence-electron chi connectivity index (χ1n) is 6.01. The van der Waals surface area contributed by atoms with Crippen molar-refractivity contribution in [1.82, 2.24) is 9.71 Å². The molecule has 106 valence electrons. The van der Waals surface area contributed by atoms with Crippen molar-refractivity contribution < 1.29 is 18.3 Å². The maximum absolute atomic E-state index is 11.8. The van der Waals surface area contributed by atoms with E-state index in [-0.39, 0.29) is 24.6 Å². The van der Waals surface area contributed by atoms with E-state index in [9.17, 15) is 13.2 Å². The average Bonchev–Trinajstić information content (AvgIpc) is 2.35. The van der Waals surface area contributed by atoms with Gasteiger partial charge in [-0.05, 0) is 25.5 Å². The van der Waals surface area contributed by atoms with Crippen molar-refractivity contribution in [2.45, 2.75) is 32.2 Å². The second kappa shape index (κ2) is 7.20. The number of hydrogen-bond donors (Lipinski definition) is 2. The molecular formula is C12H18N2O4S. The van der Waals surface area contributed by atoms with E-state index in [0.29, 0.717) is 12.1 Å². The molecule has 0 fully saturated rings. The van der Waals surface area contributed by atoms with Gasteiger partial charge in [0, 0.05) is 30.8 Å². The highest BCUT2D eigenvalue weighted by molar-refractivity contribution is 7.89. The SMILES string of the molecule is CC(CCC(=O)O)NS(=O)(=O)CCc1ccccn1. The predicted octanol–water partition coefficient (Wildman–Crippen LogP) is 0.797. The predicted molar refractivity (Wildman–Crippen MR) is 71.2 cm³/mol. The Labute approximate surface area is 112 Å². The molecule has 1 rings (SSSR count). The van der Waals surface area contributed by atoms with E-state index in [2.05, 4.69) is 9.71 Å². The molecule has 0 aliphatic heterocycles. The van der Waals surface area contributed by atoms with Crippen LogP contribution < -0.4 is 4.72 Å². The van der Waals surface area contributed by atoms with Crippen LogP contribution in [0.1, 0.15) is 25.5 Å². The Morgan fingerprint density at radius 2 is 2.21 bits per heavy atom. The van der Waals surface area contributed by atoms with Crippen LogP contribution in [0.4, 0.5) is 0 Å². The lowest BCUT2D eigenvalue weighted by atomic mass is 10.2. The summed E-state index contributed by atoms with van der Waals surface area (Å²) in [5.74, 6) is -0.985. The zero-order valence-electron chi connectivity index (χ0n) is 10.7. The Kier molecular flexibility index (Phi) is 5.91. The molecule has 1 aromatic heterocycles. The molecule has 7 heteroatoms. The fourth-order valence-corrected chi connectivity index (χ4v) is 2.88. The second-order valence-corrected chi connectivity index (χ2v) is 6.21. The topological polar surface area (TPSA) is 96.4 Å². The third-order valence-electron chi connectivity index (χ3n) is 2.53. The van der Waals surface area contributed by atoms with Crippen molar-refractivity contribution in [2.75, 3.05) is 5.75 Å². The van der Waals surface area contributed by atoms with Crippen LogP contribution in [0, 0.1) is 0 Å². The van der Waals surface area contributed by atoms with E-state index in [1.807, 2.05) is 0 Å². The molecule has 0 saturated carbocycles. The van der Waals surface area contributed by atoms with E-state index < -0.39 is 16.0 Å². The minimum atomic E-state index is -3.41. The first-order valence-corrected chi connectivity index (χ1v) is 7.66. The van der Waals surface area contributed by atoms with Crippen LogP contribution in [0.25, 0.3) is 0 Å². The molecular weight excluding hydrogens is 268 g/mol. The fraction of sp³-hybridized carbons (Fsp3) is 0.500. The summed E-state index contributed by atoms with van der Waals surface area (Å²) in [6.45, 7) is 1.65. The zero-order chi connectivity index (χ0) is 14.3. The largest absolute Gasteiger partial charge is 0.481 e. The van der Waals surface area contributed by atoms with Gasteiger partial charge in [0.25, 0.3) is 0 Å². The van der Waals surface area contributed by atoms with Gasteiger partial charge in [-0.1, -0.05) is 6.07 Å². The van der Waals surface area contributed by atoms with Crippen LogP contribution in [0.3, 0.4) is 0 Å². The average molecular weight is 286 g/mol. The maximum Gasteiger partial charge on any atom is 0.303 e. The van der Waals surface area contributed by atoms with Gasteiger partial charge in [0.15, 0.2) is 0 Å². The minimum Gasteiger partial charge on any atom is -0.481 e. The molecule has 0 amide bonds. The second-order valence-electron chi connectivity index (χ2n) is 4.34. The van der Waals surface area contributed by atoms with E-state index in [4.69, 9.17) is 5.11 Å². The van der Waals surface area contributed by atoms with Crippen LogP contribution in [0.5, 0.6) is 0 Å². The van der Waals surface area contributed by atoms with Crippen molar-refractivity contribution in [1.29, 1.82) is 0 Å². The van der Waals surface area contributed by atoms with Gasteiger partial charge in [-0.3, -0.25) is 9.78 Å². The molecule has 6 nitrogen and oxygen atoms in total. The third kappa shape index (κ3) is 6.88. The van der Waals surface area contributed by atoms with E-state index in [1.165, 1.54) is 0 Å². The molecule has 0 aliphatic rings. The minimum absolute atomic E-state index is 0.0517. The summed E-state index contributed by atoms with van der Waals surface area (Å²) in [7, 11) is -3.41. The molecule has 0 bridgehead atoms. The molecule has 19 heavy (non-hydrogen) atoms. The summed E-state index contributed by atoms with van der Waals surface area (Å²) in [6, 6.07) is 4.95. The Balaban J connectivity index is 2.41. The molecule has 1 aromatic rings. The lowest BCUT2D eigenvalue weighted by Gasteiger charge is -2.12. The van der Waals surface area contributed by atoms with Crippen LogP contribution in [0.2, 0.25) is 0 Å². The van der Waals surface area contributed by atoms with Gasteiger partial charge in [-0.2, -0.15) is 0 Å². The summed E-state index contributed by atoms with van der Waals surface area (Å²) in [6.07, 6.45) is 2.18. The number of hydrogen-bond acceptors (Lipinski definition) is 4. The van der Waals surface area contributed by atoms with Crippen molar-refractivity contribution in [2.24, 2.45) is 0 Å². The molecule has 1 heterocycles. The van der Waals surface area contributed by atoms with E-state index >= 15 is 0 Å². The van der Waals surface area contributed by atoms with Crippen LogP contribution in [-0.4, -0.2) is 36.3 Å². The van der Waals surface area contributed by atoms with Crippen molar-refractivity contribution >= 4 is 16.0 Å². The van der Waals surface area contributed by atoms with Gasteiger partial charge in [0.1, 0.15) is 0 Å². The van der Waals surface area contributed by atoms with E-state index in [0.717, 1.165) is 0 Å². The number of carboxylic acids is 1. The molecule has 0 radical (unpaired) electrons. The maximum atomic E-state index is 11.8. The number of aliphatic carboxylic acids is 1. The molecule has 0 aliphatic carbocycles. The number of nitrogens with one attached hydrogen (secondary N) is 1. The monoisotopic (exact) mass is 286 g/mol. The van der Waals surface area contributed by atoms with Crippen LogP contribution >= 0.6 is 0 Å². The smallest absolute Gasteiger partial charge is 0.303 e. The van der Waals surface area contributed by atoms with Crippen LogP contribution in [0.15, 0.2) is 24.4 Å². The fourth-order valence-electron chi connectivity index (χ4n) is 1.55. The van der Waals surface area contributed by atoms with Crippen molar-refractivity contribution in [3.63, 3.8) is 0 Å². The van der Waals surface area contributed by atoms with Gasteiger partial charge in [0.2, 0.25) is 10.0 Å². The number of aromatic nitrogens is 1. The number of aryl methyl sites for hydroxylation is 1.